The smallest absolute Gasteiger partial charge is 0.0790 e. The summed E-state index contributed by atoms with van der Waals surface area (Å²) in [5, 5.41) is 0. The number of hydrogen-bond donors (Lipinski definition) is 1. The van der Waals surface area contributed by atoms with Crippen molar-refractivity contribution in [1.82, 2.24) is 10.4 Å². The Hall–Kier alpha value is -0.120. The van der Waals surface area contributed by atoms with Gasteiger partial charge in [-0.15, -0.1) is 0 Å². The summed E-state index contributed by atoms with van der Waals surface area (Å²) in [6, 6.07) is 0.591. The monoisotopic (exact) mass is 212 g/mol. The first-order valence-corrected chi connectivity index (χ1v) is 6.52. The molecule has 3 nitrogen and oxygen atoms in total. The molecule has 0 aromatic heterocycles. The first kappa shape index (κ1) is 11.4. The molecule has 1 saturated carbocycles. The van der Waals surface area contributed by atoms with Gasteiger partial charge in [0.05, 0.1) is 6.10 Å². The molecule has 0 spiro atoms. The highest BCUT2D eigenvalue weighted by Crippen LogP contribution is 2.20. The van der Waals surface area contributed by atoms with Crippen LogP contribution in [0.4, 0.5) is 0 Å². The average Bonchev–Trinajstić information content (AvgIpc) is 2.80. The van der Waals surface area contributed by atoms with E-state index in [1.54, 1.807) is 0 Å². The van der Waals surface area contributed by atoms with Crippen molar-refractivity contribution in [3.05, 3.63) is 0 Å². The Morgan fingerprint density at radius 2 is 1.80 bits per heavy atom. The van der Waals surface area contributed by atoms with E-state index in [4.69, 9.17) is 4.84 Å². The van der Waals surface area contributed by atoms with Crippen molar-refractivity contribution in [1.29, 1.82) is 0 Å². The molecule has 3 heteroatoms. The van der Waals surface area contributed by atoms with E-state index in [1.807, 2.05) is 0 Å². The van der Waals surface area contributed by atoms with Crippen molar-refractivity contribution in [2.45, 2.75) is 57.6 Å². The van der Waals surface area contributed by atoms with Crippen molar-refractivity contribution in [2.75, 3.05) is 19.6 Å². The molecular formula is C12H24N2O. The van der Waals surface area contributed by atoms with Gasteiger partial charge in [-0.25, -0.2) is 0 Å². The standard InChI is InChI=1S/C12H24N2O/c1-2-14-9-7-11(8-10-14)13-15-12-5-3-4-6-12/h11-13H,2-10H2,1H3. The average molecular weight is 212 g/mol. The second kappa shape index (κ2) is 5.83. The molecule has 2 fully saturated rings. The van der Waals surface area contributed by atoms with E-state index in [2.05, 4.69) is 17.3 Å². The van der Waals surface area contributed by atoms with Gasteiger partial charge in [0.2, 0.25) is 0 Å². The van der Waals surface area contributed by atoms with Gasteiger partial charge in [-0.2, -0.15) is 5.48 Å². The molecular weight excluding hydrogens is 188 g/mol. The van der Waals surface area contributed by atoms with Crippen LogP contribution < -0.4 is 5.48 Å². The van der Waals surface area contributed by atoms with Crippen molar-refractivity contribution in [2.24, 2.45) is 0 Å². The second-order valence-corrected chi connectivity index (χ2v) is 4.85. The molecule has 2 rings (SSSR count). The second-order valence-electron chi connectivity index (χ2n) is 4.85. The molecule has 1 heterocycles. The molecule has 0 aromatic carbocycles. The molecule has 0 amide bonds. The van der Waals surface area contributed by atoms with E-state index in [-0.39, 0.29) is 0 Å². The van der Waals surface area contributed by atoms with Crippen LogP contribution in [0.2, 0.25) is 0 Å². The van der Waals surface area contributed by atoms with Crippen LogP contribution >= 0.6 is 0 Å². The van der Waals surface area contributed by atoms with Gasteiger partial charge >= 0.3 is 0 Å². The normalized spacial score (nSPS) is 26.2. The van der Waals surface area contributed by atoms with Crippen LogP contribution in [0.25, 0.3) is 0 Å². The summed E-state index contributed by atoms with van der Waals surface area (Å²) in [5.74, 6) is 0. The van der Waals surface area contributed by atoms with Gasteiger partial charge in [-0.1, -0.05) is 19.8 Å². The van der Waals surface area contributed by atoms with E-state index in [0.29, 0.717) is 12.1 Å². The van der Waals surface area contributed by atoms with E-state index < -0.39 is 0 Å². The third-order valence-corrected chi connectivity index (χ3v) is 3.74. The van der Waals surface area contributed by atoms with Crippen molar-refractivity contribution in [3.63, 3.8) is 0 Å². The molecule has 0 aromatic rings. The highest BCUT2D eigenvalue weighted by molar-refractivity contribution is 4.74. The highest BCUT2D eigenvalue weighted by Gasteiger charge is 2.21. The lowest BCUT2D eigenvalue weighted by Crippen LogP contribution is -2.43. The zero-order valence-corrected chi connectivity index (χ0v) is 9.87. The van der Waals surface area contributed by atoms with Crippen LogP contribution in [0.15, 0.2) is 0 Å². The third kappa shape index (κ3) is 3.44. The molecule has 0 atom stereocenters. The zero-order valence-electron chi connectivity index (χ0n) is 9.87. The van der Waals surface area contributed by atoms with Crippen molar-refractivity contribution >= 4 is 0 Å². The van der Waals surface area contributed by atoms with Crippen LogP contribution in [0.1, 0.15) is 45.4 Å². The summed E-state index contributed by atoms with van der Waals surface area (Å²) in [4.78, 5) is 8.25. The minimum Gasteiger partial charge on any atom is -0.303 e. The number of piperidine rings is 1. The summed E-state index contributed by atoms with van der Waals surface area (Å²) in [6.07, 6.45) is 8.17. The minimum absolute atomic E-state index is 0.495. The van der Waals surface area contributed by atoms with Crippen LogP contribution in [0.3, 0.4) is 0 Å². The molecule has 2 aliphatic rings. The molecule has 88 valence electrons. The Labute approximate surface area is 93.1 Å². The Morgan fingerprint density at radius 3 is 2.40 bits per heavy atom. The molecule has 0 bridgehead atoms. The van der Waals surface area contributed by atoms with Gasteiger partial charge in [-0.3, -0.25) is 4.84 Å². The number of likely N-dealkylation sites (tertiary alicyclic amines) is 1. The quantitative estimate of drug-likeness (QED) is 0.721. The lowest BCUT2D eigenvalue weighted by molar-refractivity contribution is -0.0501. The summed E-state index contributed by atoms with van der Waals surface area (Å²) < 4.78 is 0. The molecule has 1 saturated heterocycles. The first-order chi connectivity index (χ1) is 7.38. The van der Waals surface area contributed by atoms with E-state index in [0.717, 1.165) is 0 Å². The van der Waals surface area contributed by atoms with Crippen molar-refractivity contribution in [3.8, 4) is 0 Å². The van der Waals surface area contributed by atoms with Crippen LogP contribution in [0, 0.1) is 0 Å². The number of hydrogen-bond acceptors (Lipinski definition) is 3. The Morgan fingerprint density at radius 1 is 1.13 bits per heavy atom. The fourth-order valence-electron chi connectivity index (χ4n) is 2.57. The lowest BCUT2D eigenvalue weighted by atomic mass is 10.1. The van der Waals surface area contributed by atoms with E-state index in [1.165, 1.54) is 58.2 Å². The largest absolute Gasteiger partial charge is 0.303 e. The molecule has 0 unspecified atom stereocenters. The fraction of sp³-hybridized carbons (Fsp3) is 1.00. The first-order valence-electron chi connectivity index (χ1n) is 6.52. The molecule has 1 aliphatic carbocycles. The maximum absolute atomic E-state index is 5.74. The molecule has 1 aliphatic heterocycles. The van der Waals surface area contributed by atoms with Gasteiger partial charge in [0, 0.05) is 6.04 Å². The maximum atomic E-state index is 5.74. The van der Waals surface area contributed by atoms with Crippen LogP contribution in [-0.4, -0.2) is 36.7 Å². The number of nitrogens with zero attached hydrogens (tertiary/aromatic N) is 1. The lowest BCUT2D eigenvalue weighted by Gasteiger charge is -2.31. The topological polar surface area (TPSA) is 24.5 Å². The summed E-state index contributed by atoms with van der Waals surface area (Å²) in [7, 11) is 0. The Kier molecular flexibility index (Phi) is 4.42. The maximum Gasteiger partial charge on any atom is 0.0790 e. The SMILES string of the molecule is CCN1CCC(NOC2CCCC2)CC1. The highest BCUT2D eigenvalue weighted by atomic mass is 16.7. The van der Waals surface area contributed by atoms with Gasteiger partial charge in [0.25, 0.3) is 0 Å². The Bertz CT molecular complexity index is 172. The minimum atomic E-state index is 0.495. The van der Waals surface area contributed by atoms with E-state index >= 15 is 0 Å². The summed E-state index contributed by atoms with van der Waals surface area (Å²) in [6.45, 7) is 5.88. The molecule has 15 heavy (non-hydrogen) atoms. The predicted molar refractivity (Wildman–Crippen MR) is 61.6 cm³/mol. The summed E-state index contributed by atoms with van der Waals surface area (Å²) >= 11 is 0. The van der Waals surface area contributed by atoms with Crippen molar-refractivity contribution < 1.29 is 4.84 Å². The predicted octanol–water partition coefficient (Wildman–Crippen LogP) is 1.93. The van der Waals surface area contributed by atoms with Gasteiger partial charge in [-0.05, 0) is 45.3 Å². The number of rotatable bonds is 4. The van der Waals surface area contributed by atoms with Crippen LogP contribution in [-0.2, 0) is 4.84 Å². The molecule has 1 N–H and O–H groups in total. The number of nitrogens with one attached hydrogen (secondary N) is 1. The van der Waals surface area contributed by atoms with Crippen LogP contribution in [0.5, 0.6) is 0 Å². The fourth-order valence-corrected chi connectivity index (χ4v) is 2.57. The van der Waals surface area contributed by atoms with Gasteiger partial charge in [0.1, 0.15) is 0 Å². The Balaban J connectivity index is 1.59. The zero-order chi connectivity index (χ0) is 10.5. The number of hydroxylamine groups is 1. The van der Waals surface area contributed by atoms with Gasteiger partial charge in [0.15, 0.2) is 0 Å². The van der Waals surface area contributed by atoms with Gasteiger partial charge < -0.3 is 4.90 Å². The summed E-state index contributed by atoms with van der Waals surface area (Å²) in [5.41, 5.74) is 3.28. The van der Waals surface area contributed by atoms with E-state index in [9.17, 15) is 0 Å². The third-order valence-electron chi connectivity index (χ3n) is 3.74. The molecule has 0 radical (unpaired) electrons.